The molecule has 142 valence electrons. The number of ether oxygens (including phenoxy) is 1. The van der Waals surface area contributed by atoms with E-state index in [0.717, 1.165) is 50.1 Å². The largest absolute Gasteiger partial charge is 0.375 e. The van der Waals surface area contributed by atoms with Gasteiger partial charge >= 0.3 is 0 Å². The number of hydrogen-bond donors (Lipinski definition) is 1. The molecule has 2 aliphatic heterocycles. The van der Waals surface area contributed by atoms with Crippen molar-refractivity contribution in [3.63, 3.8) is 0 Å². The monoisotopic (exact) mass is 375 g/mol. The third-order valence-electron chi connectivity index (χ3n) is 6.03. The van der Waals surface area contributed by atoms with Crippen LogP contribution in [0.25, 0.3) is 22.0 Å². The zero-order valence-corrected chi connectivity index (χ0v) is 15.5. The summed E-state index contributed by atoms with van der Waals surface area (Å²) in [7, 11) is 0. The van der Waals surface area contributed by atoms with E-state index >= 15 is 0 Å². The molecule has 6 heteroatoms. The number of rotatable bonds is 2. The highest BCUT2D eigenvalue weighted by molar-refractivity contribution is 5.95. The summed E-state index contributed by atoms with van der Waals surface area (Å²) in [5.41, 5.74) is 3.13. The molecule has 0 aliphatic carbocycles. The van der Waals surface area contributed by atoms with Crippen LogP contribution in [0.5, 0.6) is 0 Å². The molecular weight excluding hydrogens is 354 g/mol. The van der Waals surface area contributed by atoms with E-state index in [1.54, 1.807) is 0 Å². The Balaban J connectivity index is 1.35. The number of nitrogens with zero attached hydrogens (tertiary/aromatic N) is 2. The van der Waals surface area contributed by atoms with Crippen LogP contribution < -0.4 is 5.56 Å². The Morgan fingerprint density at radius 1 is 1.04 bits per heavy atom. The van der Waals surface area contributed by atoms with Crippen LogP contribution in [0.3, 0.4) is 0 Å². The molecule has 1 N–H and O–H groups in total. The highest BCUT2D eigenvalue weighted by Gasteiger charge is 2.41. The van der Waals surface area contributed by atoms with Gasteiger partial charge in [-0.3, -0.25) is 9.59 Å². The molecule has 2 fully saturated rings. The topological polar surface area (TPSA) is 75.3 Å². The van der Waals surface area contributed by atoms with E-state index in [0.29, 0.717) is 16.5 Å². The van der Waals surface area contributed by atoms with E-state index in [-0.39, 0.29) is 17.1 Å². The molecule has 0 radical (unpaired) electrons. The third kappa shape index (κ3) is 2.90. The minimum atomic E-state index is -0.156. The third-order valence-corrected chi connectivity index (χ3v) is 6.03. The van der Waals surface area contributed by atoms with E-state index in [1.807, 2.05) is 47.4 Å². The first kappa shape index (κ1) is 17.1. The summed E-state index contributed by atoms with van der Waals surface area (Å²) in [6, 6.07) is 13.2. The average Bonchev–Trinajstić information content (AvgIpc) is 2.72. The fourth-order valence-corrected chi connectivity index (χ4v) is 4.14. The van der Waals surface area contributed by atoms with Crippen molar-refractivity contribution in [1.29, 1.82) is 0 Å². The molecule has 2 saturated heterocycles. The van der Waals surface area contributed by atoms with Crippen molar-refractivity contribution >= 4 is 16.8 Å². The van der Waals surface area contributed by atoms with Gasteiger partial charge in [0.25, 0.3) is 11.5 Å². The zero-order valence-electron chi connectivity index (χ0n) is 15.5. The van der Waals surface area contributed by atoms with Crippen molar-refractivity contribution in [2.75, 3.05) is 19.7 Å². The Kier molecular flexibility index (Phi) is 4.02. The molecule has 3 heterocycles. The van der Waals surface area contributed by atoms with E-state index < -0.39 is 0 Å². The van der Waals surface area contributed by atoms with Gasteiger partial charge in [-0.15, -0.1) is 0 Å². The number of carbonyl (C=O) groups excluding carboxylic acids is 1. The number of benzene rings is 2. The fourth-order valence-electron chi connectivity index (χ4n) is 4.14. The second-order valence-electron chi connectivity index (χ2n) is 7.61. The molecule has 0 unspecified atom stereocenters. The van der Waals surface area contributed by atoms with Gasteiger partial charge in [0.15, 0.2) is 0 Å². The number of aromatic nitrogens is 2. The average molecular weight is 375 g/mol. The number of nitrogens with one attached hydrogen (secondary N) is 1. The summed E-state index contributed by atoms with van der Waals surface area (Å²) in [4.78, 5) is 33.5. The van der Waals surface area contributed by atoms with Crippen LogP contribution in [0.2, 0.25) is 0 Å². The molecule has 28 heavy (non-hydrogen) atoms. The number of aromatic amines is 1. The van der Waals surface area contributed by atoms with Crippen molar-refractivity contribution in [1.82, 2.24) is 14.9 Å². The lowest BCUT2D eigenvalue weighted by atomic mass is 9.84. The highest BCUT2D eigenvalue weighted by atomic mass is 16.5. The van der Waals surface area contributed by atoms with Gasteiger partial charge in [0.2, 0.25) is 0 Å². The lowest BCUT2D eigenvalue weighted by Crippen LogP contribution is -2.53. The quantitative estimate of drug-likeness (QED) is 0.747. The van der Waals surface area contributed by atoms with Crippen LogP contribution in [-0.4, -0.2) is 46.1 Å². The van der Waals surface area contributed by atoms with Gasteiger partial charge in [-0.1, -0.05) is 18.2 Å². The van der Waals surface area contributed by atoms with E-state index in [4.69, 9.17) is 4.74 Å². The van der Waals surface area contributed by atoms with E-state index in [2.05, 4.69) is 9.97 Å². The van der Waals surface area contributed by atoms with Gasteiger partial charge in [-0.25, -0.2) is 4.98 Å². The van der Waals surface area contributed by atoms with E-state index in [9.17, 15) is 9.59 Å². The number of likely N-dealkylation sites (tertiary alicyclic amines) is 1. The minimum absolute atomic E-state index is 0.0451. The first-order valence-electron chi connectivity index (χ1n) is 9.65. The molecule has 2 aliphatic rings. The summed E-state index contributed by atoms with van der Waals surface area (Å²) in [5, 5.41) is 0.556. The van der Waals surface area contributed by atoms with Crippen molar-refractivity contribution in [3.8, 4) is 11.1 Å². The van der Waals surface area contributed by atoms with Crippen molar-refractivity contribution in [2.45, 2.75) is 24.9 Å². The maximum Gasteiger partial charge on any atom is 0.258 e. The summed E-state index contributed by atoms with van der Waals surface area (Å²) in [5.74, 6) is 0.0693. The smallest absolute Gasteiger partial charge is 0.258 e. The first-order valence-corrected chi connectivity index (χ1v) is 9.65. The lowest BCUT2D eigenvalue weighted by molar-refractivity contribution is -0.169. The van der Waals surface area contributed by atoms with Gasteiger partial charge in [0.1, 0.15) is 0 Å². The molecule has 0 bridgehead atoms. The normalized spacial score (nSPS) is 18.2. The SMILES string of the molecule is O=C(c1ccc(-c2ccc3nc[nH]c(=O)c3c2)cc1)N1CCC2(CCO2)CC1. The summed E-state index contributed by atoms with van der Waals surface area (Å²) >= 11 is 0. The van der Waals surface area contributed by atoms with Crippen LogP contribution in [0, 0.1) is 0 Å². The molecule has 0 saturated carbocycles. The molecule has 1 aromatic heterocycles. The summed E-state index contributed by atoms with van der Waals surface area (Å²) in [6.45, 7) is 2.36. The highest BCUT2D eigenvalue weighted by Crippen LogP contribution is 2.37. The van der Waals surface area contributed by atoms with Crippen LogP contribution in [0.4, 0.5) is 0 Å². The number of amides is 1. The Morgan fingerprint density at radius 2 is 1.75 bits per heavy atom. The molecular formula is C22H21N3O3. The maximum atomic E-state index is 12.8. The van der Waals surface area contributed by atoms with Crippen molar-refractivity contribution in [3.05, 3.63) is 64.7 Å². The predicted molar refractivity (Wildman–Crippen MR) is 106 cm³/mol. The summed E-state index contributed by atoms with van der Waals surface area (Å²) < 4.78 is 5.73. The predicted octanol–water partition coefficient (Wildman–Crippen LogP) is 2.99. The van der Waals surface area contributed by atoms with E-state index in [1.165, 1.54) is 6.33 Å². The Hall–Kier alpha value is -2.99. The van der Waals surface area contributed by atoms with Crippen molar-refractivity contribution in [2.24, 2.45) is 0 Å². The molecule has 2 aromatic carbocycles. The standard InChI is InChI=1S/C22H21N3O3/c26-20-18-13-17(5-6-19(18)23-14-24-20)15-1-3-16(4-2-15)21(27)25-10-7-22(8-11-25)9-12-28-22/h1-6,13-14H,7-12H2,(H,23,24,26). The summed E-state index contributed by atoms with van der Waals surface area (Å²) in [6.07, 6.45) is 4.38. The molecule has 5 rings (SSSR count). The lowest BCUT2D eigenvalue weighted by Gasteiger charge is -2.47. The Morgan fingerprint density at radius 3 is 2.43 bits per heavy atom. The fraction of sp³-hybridized carbons (Fsp3) is 0.318. The van der Waals surface area contributed by atoms with Crippen LogP contribution in [-0.2, 0) is 4.74 Å². The number of piperidine rings is 1. The molecule has 3 aromatic rings. The van der Waals surface area contributed by atoms with Crippen LogP contribution >= 0.6 is 0 Å². The molecule has 1 amide bonds. The van der Waals surface area contributed by atoms with Crippen LogP contribution in [0.15, 0.2) is 53.6 Å². The van der Waals surface area contributed by atoms with Gasteiger partial charge in [-0.2, -0.15) is 0 Å². The second-order valence-corrected chi connectivity index (χ2v) is 7.61. The van der Waals surface area contributed by atoms with Gasteiger partial charge in [-0.05, 0) is 54.7 Å². The zero-order chi connectivity index (χ0) is 19.1. The number of fused-ring (bicyclic) bond motifs is 1. The van der Waals surface area contributed by atoms with Gasteiger partial charge in [0.05, 0.1) is 29.4 Å². The first-order chi connectivity index (χ1) is 13.6. The second kappa shape index (κ2) is 6.56. The van der Waals surface area contributed by atoms with Crippen LogP contribution in [0.1, 0.15) is 29.6 Å². The Bertz CT molecular complexity index is 1090. The van der Waals surface area contributed by atoms with Gasteiger partial charge < -0.3 is 14.6 Å². The maximum absolute atomic E-state index is 12.8. The Labute approximate surface area is 162 Å². The molecule has 6 nitrogen and oxygen atoms in total. The molecule has 1 spiro atoms. The number of H-pyrrole nitrogens is 1. The van der Waals surface area contributed by atoms with Gasteiger partial charge in [0, 0.05) is 18.7 Å². The number of carbonyl (C=O) groups is 1. The minimum Gasteiger partial charge on any atom is -0.375 e. The van der Waals surface area contributed by atoms with Crippen molar-refractivity contribution < 1.29 is 9.53 Å². The molecule has 0 atom stereocenters. The number of hydrogen-bond acceptors (Lipinski definition) is 4.